The Hall–Kier alpha value is -1.41. The van der Waals surface area contributed by atoms with Gasteiger partial charge in [-0.05, 0) is 55.7 Å². The molecule has 1 aromatic heterocycles. The van der Waals surface area contributed by atoms with Gasteiger partial charge in [0.05, 0.1) is 6.42 Å². The van der Waals surface area contributed by atoms with Gasteiger partial charge in [0.15, 0.2) is 0 Å². The van der Waals surface area contributed by atoms with Gasteiger partial charge in [-0.25, -0.2) is 8.42 Å². The van der Waals surface area contributed by atoms with Crippen LogP contribution in [0.25, 0.3) is 0 Å². The first-order chi connectivity index (χ1) is 11.9. The van der Waals surface area contributed by atoms with Crippen molar-refractivity contribution >= 4 is 44.6 Å². The lowest BCUT2D eigenvalue weighted by Crippen LogP contribution is -2.27. The molecule has 0 radical (unpaired) electrons. The largest absolute Gasteiger partial charge is 0.326 e. The van der Waals surface area contributed by atoms with E-state index < -0.39 is 10.0 Å². The number of thiophene rings is 1. The first-order valence-corrected chi connectivity index (χ1v) is 10.6. The van der Waals surface area contributed by atoms with E-state index in [1.165, 1.54) is 4.31 Å². The Labute approximate surface area is 156 Å². The number of nitrogens with one attached hydrogen (secondary N) is 1. The predicted octanol–water partition coefficient (Wildman–Crippen LogP) is 3.68. The molecule has 3 rings (SSSR count). The first kappa shape index (κ1) is 18.4. The summed E-state index contributed by atoms with van der Waals surface area (Å²) in [5, 5.41) is 3.45. The summed E-state index contributed by atoms with van der Waals surface area (Å²) in [4.78, 5) is 13.0. The highest BCUT2D eigenvalue weighted by Gasteiger charge is 2.28. The van der Waals surface area contributed by atoms with Crippen LogP contribution in [0.1, 0.15) is 23.3 Å². The van der Waals surface area contributed by atoms with E-state index in [-0.39, 0.29) is 12.3 Å². The second-order valence-electron chi connectivity index (χ2n) is 6.02. The van der Waals surface area contributed by atoms with Gasteiger partial charge in [0.2, 0.25) is 5.91 Å². The summed E-state index contributed by atoms with van der Waals surface area (Å²) < 4.78 is 26.9. The molecule has 1 aliphatic rings. The third-order valence-electron chi connectivity index (χ3n) is 4.09. The quantitative estimate of drug-likeness (QED) is 0.835. The van der Waals surface area contributed by atoms with Crippen LogP contribution in [0.5, 0.6) is 0 Å². The number of sulfonamides is 1. The molecule has 25 heavy (non-hydrogen) atoms. The van der Waals surface area contributed by atoms with Crippen LogP contribution in [0.15, 0.2) is 34.5 Å². The summed E-state index contributed by atoms with van der Waals surface area (Å²) >= 11 is 7.07. The summed E-state index contributed by atoms with van der Waals surface area (Å²) in [5.41, 5.74) is 1.58. The summed E-state index contributed by atoms with van der Waals surface area (Å²) in [6.45, 7) is 3.02. The zero-order chi connectivity index (χ0) is 18.0. The fourth-order valence-electron chi connectivity index (χ4n) is 2.77. The highest BCUT2D eigenvalue weighted by atomic mass is 35.5. The maximum Gasteiger partial charge on any atom is 0.252 e. The van der Waals surface area contributed by atoms with Gasteiger partial charge in [0, 0.05) is 28.7 Å². The highest BCUT2D eigenvalue weighted by molar-refractivity contribution is 7.91. The number of hydrogen-bond acceptors (Lipinski definition) is 4. The lowest BCUT2D eigenvalue weighted by atomic mass is 10.2. The topological polar surface area (TPSA) is 66.5 Å². The minimum atomic E-state index is -3.42. The molecule has 8 heteroatoms. The van der Waals surface area contributed by atoms with E-state index in [0.29, 0.717) is 28.0 Å². The molecule has 5 nitrogen and oxygen atoms in total. The van der Waals surface area contributed by atoms with Crippen LogP contribution in [0.3, 0.4) is 0 Å². The van der Waals surface area contributed by atoms with Crippen LogP contribution in [-0.2, 0) is 21.2 Å². The average molecular weight is 399 g/mol. The molecule has 2 heterocycles. The molecule has 1 amide bonds. The minimum absolute atomic E-state index is 0.141. The van der Waals surface area contributed by atoms with Crippen LogP contribution in [0.4, 0.5) is 5.69 Å². The molecule has 0 spiro atoms. The second-order valence-corrected chi connectivity index (χ2v) is 9.79. The van der Waals surface area contributed by atoms with E-state index in [1.54, 1.807) is 30.3 Å². The second kappa shape index (κ2) is 7.45. The Balaban J connectivity index is 1.67. The zero-order valence-corrected chi connectivity index (χ0v) is 16.2. The standard InChI is InChI=1S/C17H19ClN2O3S2/c1-12-10-13(18)4-6-15(12)19-16(21)11-14-5-7-17(24-14)25(22,23)20-8-2-3-9-20/h4-7,10H,2-3,8-9,11H2,1H3,(H,19,21). The molecule has 2 aromatic rings. The van der Waals surface area contributed by atoms with Crippen LogP contribution in [0.2, 0.25) is 5.02 Å². The number of anilines is 1. The van der Waals surface area contributed by atoms with Crippen LogP contribution < -0.4 is 5.32 Å². The predicted molar refractivity (Wildman–Crippen MR) is 101 cm³/mol. The molecule has 0 unspecified atom stereocenters. The molecular weight excluding hydrogens is 380 g/mol. The van der Waals surface area contributed by atoms with Gasteiger partial charge in [0.25, 0.3) is 10.0 Å². The molecule has 1 aliphatic heterocycles. The minimum Gasteiger partial charge on any atom is -0.326 e. The van der Waals surface area contributed by atoms with Crippen molar-refractivity contribution in [3.63, 3.8) is 0 Å². The van der Waals surface area contributed by atoms with Crippen molar-refractivity contribution in [2.24, 2.45) is 0 Å². The molecule has 1 fully saturated rings. The Morgan fingerprint density at radius 3 is 2.64 bits per heavy atom. The average Bonchev–Trinajstić information content (AvgIpc) is 3.22. The van der Waals surface area contributed by atoms with Crippen LogP contribution in [0, 0.1) is 6.92 Å². The van der Waals surface area contributed by atoms with Crippen molar-refractivity contribution in [3.8, 4) is 0 Å². The Bertz CT molecular complexity index is 887. The van der Waals surface area contributed by atoms with E-state index >= 15 is 0 Å². The first-order valence-electron chi connectivity index (χ1n) is 8.01. The number of nitrogens with zero attached hydrogens (tertiary/aromatic N) is 1. The summed E-state index contributed by atoms with van der Waals surface area (Å²) in [6, 6.07) is 8.56. The third kappa shape index (κ3) is 4.23. The van der Waals surface area contributed by atoms with Gasteiger partial charge in [-0.2, -0.15) is 4.31 Å². The zero-order valence-electron chi connectivity index (χ0n) is 13.8. The molecular formula is C17H19ClN2O3S2. The van der Waals surface area contributed by atoms with Gasteiger partial charge in [-0.3, -0.25) is 4.79 Å². The van der Waals surface area contributed by atoms with Crippen molar-refractivity contribution in [1.82, 2.24) is 4.31 Å². The highest BCUT2D eigenvalue weighted by Crippen LogP contribution is 2.28. The Morgan fingerprint density at radius 1 is 1.24 bits per heavy atom. The van der Waals surface area contributed by atoms with Gasteiger partial charge in [-0.15, -0.1) is 11.3 Å². The maximum absolute atomic E-state index is 12.5. The van der Waals surface area contributed by atoms with Crippen molar-refractivity contribution in [2.45, 2.75) is 30.4 Å². The molecule has 1 aromatic carbocycles. The van der Waals surface area contributed by atoms with Gasteiger partial charge < -0.3 is 5.32 Å². The van der Waals surface area contributed by atoms with Gasteiger partial charge in [0.1, 0.15) is 4.21 Å². The summed E-state index contributed by atoms with van der Waals surface area (Å²) in [6.07, 6.45) is 1.95. The number of aryl methyl sites for hydroxylation is 1. The smallest absolute Gasteiger partial charge is 0.252 e. The molecule has 0 atom stereocenters. The Kier molecular flexibility index (Phi) is 5.48. The molecule has 0 aliphatic carbocycles. The number of amides is 1. The SMILES string of the molecule is Cc1cc(Cl)ccc1NC(=O)Cc1ccc(S(=O)(=O)N2CCCC2)s1. The lowest BCUT2D eigenvalue weighted by molar-refractivity contribution is -0.115. The van der Waals surface area contributed by atoms with Crippen LogP contribution >= 0.6 is 22.9 Å². The van der Waals surface area contributed by atoms with Crippen molar-refractivity contribution in [1.29, 1.82) is 0 Å². The lowest BCUT2D eigenvalue weighted by Gasteiger charge is -2.13. The maximum atomic E-state index is 12.5. The molecule has 1 saturated heterocycles. The number of halogens is 1. The third-order valence-corrected chi connectivity index (χ3v) is 7.78. The number of carbonyl (C=O) groups excluding carboxylic acids is 1. The van der Waals surface area contributed by atoms with Gasteiger partial charge in [-0.1, -0.05) is 11.6 Å². The van der Waals surface area contributed by atoms with E-state index in [0.717, 1.165) is 34.6 Å². The summed E-state index contributed by atoms with van der Waals surface area (Å²) in [7, 11) is -3.42. The molecule has 0 saturated carbocycles. The van der Waals surface area contributed by atoms with E-state index in [4.69, 9.17) is 11.6 Å². The summed E-state index contributed by atoms with van der Waals surface area (Å²) in [5.74, 6) is -0.183. The molecule has 1 N–H and O–H groups in total. The van der Waals surface area contributed by atoms with E-state index in [1.807, 2.05) is 6.92 Å². The van der Waals surface area contributed by atoms with Crippen molar-refractivity contribution in [3.05, 3.63) is 45.8 Å². The fraction of sp³-hybridized carbons (Fsp3) is 0.353. The van der Waals surface area contributed by atoms with Crippen LogP contribution in [-0.4, -0.2) is 31.7 Å². The fourth-order valence-corrected chi connectivity index (χ4v) is 6.02. The number of benzene rings is 1. The van der Waals surface area contributed by atoms with E-state index in [9.17, 15) is 13.2 Å². The van der Waals surface area contributed by atoms with Gasteiger partial charge >= 0.3 is 0 Å². The normalized spacial score (nSPS) is 15.4. The monoisotopic (exact) mass is 398 g/mol. The number of hydrogen-bond donors (Lipinski definition) is 1. The molecule has 0 bridgehead atoms. The molecule has 134 valence electrons. The van der Waals surface area contributed by atoms with Crippen molar-refractivity contribution in [2.75, 3.05) is 18.4 Å². The number of carbonyl (C=O) groups is 1. The van der Waals surface area contributed by atoms with E-state index in [2.05, 4.69) is 5.32 Å². The Morgan fingerprint density at radius 2 is 1.96 bits per heavy atom. The van der Waals surface area contributed by atoms with Crippen molar-refractivity contribution < 1.29 is 13.2 Å². The number of rotatable bonds is 5.